The summed E-state index contributed by atoms with van der Waals surface area (Å²) < 4.78 is 0. The Hall–Kier alpha value is -1.58. The van der Waals surface area contributed by atoms with Crippen LogP contribution >= 0.6 is 0 Å². The van der Waals surface area contributed by atoms with E-state index in [4.69, 9.17) is 0 Å². The Morgan fingerprint density at radius 2 is 2.18 bits per heavy atom. The summed E-state index contributed by atoms with van der Waals surface area (Å²) in [7, 11) is 0. The van der Waals surface area contributed by atoms with Crippen molar-refractivity contribution in [2.45, 2.75) is 19.9 Å². The van der Waals surface area contributed by atoms with E-state index in [-0.39, 0.29) is 0 Å². The summed E-state index contributed by atoms with van der Waals surface area (Å²) >= 11 is 0. The van der Waals surface area contributed by atoms with E-state index in [0.29, 0.717) is 11.8 Å². The van der Waals surface area contributed by atoms with E-state index in [9.17, 15) is 5.11 Å². The molecule has 0 aliphatic carbocycles. The fourth-order valence-electron chi connectivity index (χ4n) is 2.15. The van der Waals surface area contributed by atoms with E-state index >= 15 is 0 Å². The minimum atomic E-state index is 0.360. The highest BCUT2D eigenvalue weighted by Crippen LogP contribution is 2.24. The molecule has 2 aliphatic rings. The fraction of sp³-hybridized carbons (Fsp3) is 0.538. The molecule has 2 heterocycles. The van der Waals surface area contributed by atoms with Crippen LogP contribution in [-0.4, -0.2) is 52.2 Å². The second-order valence-electron chi connectivity index (χ2n) is 4.83. The second kappa shape index (κ2) is 4.73. The lowest BCUT2D eigenvalue weighted by molar-refractivity contribution is 0.123. The second-order valence-corrected chi connectivity index (χ2v) is 4.83. The van der Waals surface area contributed by atoms with Crippen molar-refractivity contribution in [2.24, 2.45) is 0 Å². The van der Waals surface area contributed by atoms with Gasteiger partial charge in [0.2, 0.25) is 0 Å². The molecule has 0 radical (unpaired) electrons. The standard InChI is InChI=1S/C13H21N3O/c1-4-5-14-6-7-15-10-16(11(2)3)9-13(17)12(15)8-14/h4,8-9,11,17H,1,5-7,10H2,2-3H3. The molecule has 4 heteroatoms. The number of rotatable bonds is 3. The lowest BCUT2D eigenvalue weighted by Gasteiger charge is -2.42. The molecule has 4 nitrogen and oxygen atoms in total. The third-order valence-corrected chi connectivity index (χ3v) is 3.21. The average molecular weight is 235 g/mol. The number of hydrogen-bond acceptors (Lipinski definition) is 4. The van der Waals surface area contributed by atoms with Crippen LogP contribution in [0.5, 0.6) is 0 Å². The van der Waals surface area contributed by atoms with Crippen molar-refractivity contribution in [2.75, 3.05) is 26.3 Å². The smallest absolute Gasteiger partial charge is 0.156 e. The summed E-state index contributed by atoms with van der Waals surface area (Å²) in [5, 5.41) is 10.1. The Kier molecular flexibility index (Phi) is 3.31. The van der Waals surface area contributed by atoms with E-state index in [2.05, 4.69) is 35.1 Å². The molecule has 0 atom stereocenters. The van der Waals surface area contributed by atoms with Gasteiger partial charge >= 0.3 is 0 Å². The van der Waals surface area contributed by atoms with Crippen molar-refractivity contribution in [1.29, 1.82) is 0 Å². The van der Waals surface area contributed by atoms with Gasteiger partial charge in [-0.05, 0) is 13.8 Å². The lowest BCUT2D eigenvalue weighted by Crippen LogP contribution is -2.47. The van der Waals surface area contributed by atoms with Crippen molar-refractivity contribution < 1.29 is 5.11 Å². The quantitative estimate of drug-likeness (QED) is 0.754. The van der Waals surface area contributed by atoms with Gasteiger partial charge < -0.3 is 19.8 Å². The van der Waals surface area contributed by atoms with Crippen LogP contribution in [-0.2, 0) is 0 Å². The maximum atomic E-state index is 10.1. The van der Waals surface area contributed by atoms with Crippen LogP contribution in [0.25, 0.3) is 0 Å². The molecule has 0 fully saturated rings. The van der Waals surface area contributed by atoms with Crippen LogP contribution in [0.2, 0.25) is 0 Å². The summed E-state index contributed by atoms with van der Waals surface area (Å²) in [5.74, 6) is 0.360. The van der Waals surface area contributed by atoms with Gasteiger partial charge in [-0.1, -0.05) is 6.08 Å². The summed E-state index contributed by atoms with van der Waals surface area (Å²) in [4.78, 5) is 6.54. The van der Waals surface area contributed by atoms with Gasteiger partial charge in [-0.2, -0.15) is 0 Å². The first-order valence-electron chi connectivity index (χ1n) is 6.10. The van der Waals surface area contributed by atoms with Gasteiger partial charge in [0.15, 0.2) is 5.76 Å². The highest BCUT2D eigenvalue weighted by Gasteiger charge is 2.26. The minimum absolute atomic E-state index is 0.360. The Balaban J connectivity index is 2.20. The molecule has 0 saturated carbocycles. The SMILES string of the molecule is C=CCN1C=C2C(O)=CN(C(C)C)CN2CC1. The normalized spacial score (nSPS) is 20.1. The molecular weight excluding hydrogens is 214 g/mol. The number of hydrogen-bond donors (Lipinski definition) is 1. The lowest BCUT2D eigenvalue weighted by atomic mass is 10.2. The Bertz CT molecular complexity index is 360. The van der Waals surface area contributed by atoms with Crippen LogP contribution < -0.4 is 0 Å². The molecule has 0 spiro atoms. The molecule has 2 rings (SSSR count). The molecule has 0 amide bonds. The Morgan fingerprint density at radius 3 is 2.82 bits per heavy atom. The average Bonchev–Trinajstić information content (AvgIpc) is 2.30. The third-order valence-electron chi connectivity index (χ3n) is 3.21. The summed E-state index contributed by atoms with van der Waals surface area (Å²) in [5.41, 5.74) is 0.926. The van der Waals surface area contributed by atoms with Gasteiger partial charge in [0.05, 0.1) is 12.4 Å². The highest BCUT2D eigenvalue weighted by atomic mass is 16.3. The highest BCUT2D eigenvalue weighted by molar-refractivity contribution is 5.27. The maximum Gasteiger partial charge on any atom is 0.156 e. The number of fused-ring (bicyclic) bond motifs is 1. The first kappa shape index (κ1) is 11.9. The van der Waals surface area contributed by atoms with E-state index in [1.807, 2.05) is 18.5 Å². The van der Waals surface area contributed by atoms with Gasteiger partial charge in [-0.15, -0.1) is 6.58 Å². The van der Waals surface area contributed by atoms with Crippen molar-refractivity contribution >= 4 is 0 Å². The molecule has 1 N–H and O–H groups in total. The Morgan fingerprint density at radius 1 is 1.41 bits per heavy atom. The van der Waals surface area contributed by atoms with Crippen molar-refractivity contribution in [1.82, 2.24) is 14.7 Å². The largest absolute Gasteiger partial charge is 0.504 e. The fourth-order valence-corrected chi connectivity index (χ4v) is 2.15. The predicted octanol–water partition coefficient (Wildman–Crippen LogP) is 1.71. The molecule has 0 bridgehead atoms. The maximum absolute atomic E-state index is 10.1. The zero-order valence-corrected chi connectivity index (χ0v) is 10.6. The Labute approximate surface area is 103 Å². The van der Waals surface area contributed by atoms with Gasteiger partial charge in [0, 0.05) is 38.1 Å². The van der Waals surface area contributed by atoms with Gasteiger partial charge in [0.1, 0.15) is 0 Å². The number of aliphatic hydroxyl groups excluding tert-OH is 1. The van der Waals surface area contributed by atoms with Crippen molar-refractivity contribution in [3.63, 3.8) is 0 Å². The van der Waals surface area contributed by atoms with Gasteiger partial charge in [-0.3, -0.25) is 0 Å². The molecule has 2 aliphatic heterocycles. The first-order valence-corrected chi connectivity index (χ1v) is 6.10. The summed E-state index contributed by atoms with van der Waals surface area (Å²) in [6.07, 6.45) is 5.75. The summed E-state index contributed by atoms with van der Waals surface area (Å²) in [6.45, 7) is 11.6. The van der Waals surface area contributed by atoms with Gasteiger partial charge in [-0.25, -0.2) is 0 Å². The molecule has 0 unspecified atom stereocenters. The molecular formula is C13H21N3O. The van der Waals surface area contributed by atoms with Gasteiger partial charge in [0.25, 0.3) is 0 Å². The monoisotopic (exact) mass is 235 g/mol. The molecule has 0 aromatic carbocycles. The summed E-state index contributed by atoms with van der Waals surface area (Å²) in [6, 6.07) is 0.407. The van der Waals surface area contributed by atoms with Crippen LogP contribution in [0, 0.1) is 0 Å². The molecule has 17 heavy (non-hydrogen) atoms. The third kappa shape index (κ3) is 2.40. The van der Waals surface area contributed by atoms with Crippen molar-refractivity contribution in [3.05, 3.63) is 36.5 Å². The van der Waals surface area contributed by atoms with E-state index in [0.717, 1.165) is 32.0 Å². The molecule has 0 saturated heterocycles. The van der Waals surface area contributed by atoms with E-state index in [1.165, 1.54) is 0 Å². The zero-order chi connectivity index (χ0) is 12.4. The van der Waals surface area contributed by atoms with E-state index in [1.54, 1.807) is 0 Å². The molecule has 0 aromatic heterocycles. The minimum Gasteiger partial charge on any atom is -0.504 e. The predicted molar refractivity (Wildman–Crippen MR) is 69.1 cm³/mol. The number of aliphatic hydroxyl groups is 1. The van der Waals surface area contributed by atoms with Crippen LogP contribution in [0.1, 0.15) is 13.8 Å². The zero-order valence-electron chi connectivity index (χ0n) is 10.6. The topological polar surface area (TPSA) is 30.0 Å². The molecule has 94 valence electrons. The molecule has 0 aromatic rings. The van der Waals surface area contributed by atoms with Crippen LogP contribution in [0.4, 0.5) is 0 Å². The van der Waals surface area contributed by atoms with E-state index < -0.39 is 0 Å². The first-order chi connectivity index (χ1) is 8.11. The van der Waals surface area contributed by atoms with Crippen LogP contribution in [0.3, 0.4) is 0 Å². The number of nitrogens with zero attached hydrogens (tertiary/aromatic N) is 3. The van der Waals surface area contributed by atoms with Crippen molar-refractivity contribution in [3.8, 4) is 0 Å². The van der Waals surface area contributed by atoms with Crippen LogP contribution in [0.15, 0.2) is 36.5 Å².